The lowest BCUT2D eigenvalue weighted by atomic mass is 9.76. The maximum atomic E-state index is 6.21. The minimum atomic E-state index is 0.208. The van der Waals surface area contributed by atoms with Gasteiger partial charge in [0.2, 0.25) is 11.8 Å². The summed E-state index contributed by atoms with van der Waals surface area (Å²) < 4.78 is 6.21. The van der Waals surface area contributed by atoms with E-state index in [0.29, 0.717) is 23.9 Å². The average Bonchev–Trinajstić information content (AvgIpc) is 3.26. The summed E-state index contributed by atoms with van der Waals surface area (Å²) in [5, 5.41) is 9.62. The molecule has 138 valence electrons. The van der Waals surface area contributed by atoms with Crippen LogP contribution in [0.2, 0.25) is 5.02 Å². The van der Waals surface area contributed by atoms with Crippen molar-refractivity contribution in [2.75, 3.05) is 7.05 Å². The third-order valence-electron chi connectivity index (χ3n) is 6.31. The smallest absolute Gasteiger partial charge is 0.247 e. The van der Waals surface area contributed by atoms with E-state index in [1.54, 1.807) is 0 Å². The Hall–Kier alpha value is -2.17. The molecule has 2 saturated heterocycles. The fourth-order valence-electron chi connectivity index (χ4n) is 4.92. The van der Waals surface area contributed by atoms with E-state index in [0.717, 1.165) is 22.9 Å². The predicted octanol–water partition coefficient (Wildman–Crippen LogP) is 5.12. The molecule has 4 atom stereocenters. The molecular formula is C22H22ClN3O. The van der Waals surface area contributed by atoms with Gasteiger partial charge in [0.1, 0.15) is 0 Å². The molecule has 3 aromatic rings. The number of benzene rings is 2. The topological polar surface area (TPSA) is 42.2 Å². The van der Waals surface area contributed by atoms with Crippen molar-refractivity contribution in [3.8, 4) is 11.5 Å². The second kappa shape index (κ2) is 6.77. The quantitative estimate of drug-likeness (QED) is 0.633. The highest BCUT2D eigenvalue weighted by Crippen LogP contribution is 2.50. The summed E-state index contributed by atoms with van der Waals surface area (Å²) in [7, 11) is 2.24. The molecule has 2 aromatic carbocycles. The molecule has 2 aliphatic heterocycles. The van der Waals surface area contributed by atoms with Gasteiger partial charge in [0.05, 0.1) is 5.92 Å². The maximum absolute atomic E-state index is 6.21. The van der Waals surface area contributed by atoms with Crippen LogP contribution in [0.4, 0.5) is 0 Å². The first-order valence-corrected chi connectivity index (χ1v) is 9.95. The lowest BCUT2D eigenvalue weighted by Crippen LogP contribution is -2.44. The summed E-state index contributed by atoms with van der Waals surface area (Å²) in [6.45, 7) is 0. The molecule has 0 aliphatic carbocycles. The van der Waals surface area contributed by atoms with Crippen molar-refractivity contribution in [1.82, 2.24) is 15.1 Å². The maximum Gasteiger partial charge on any atom is 0.247 e. The van der Waals surface area contributed by atoms with Crippen LogP contribution in [0.3, 0.4) is 0 Å². The fourth-order valence-corrected chi connectivity index (χ4v) is 5.05. The number of piperidine rings is 1. The summed E-state index contributed by atoms with van der Waals surface area (Å²) in [5.74, 6) is 1.94. The number of halogens is 1. The lowest BCUT2D eigenvalue weighted by molar-refractivity contribution is 0.124. The third-order valence-corrected chi connectivity index (χ3v) is 6.57. The summed E-state index contributed by atoms with van der Waals surface area (Å²) in [6.07, 6.45) is 3.53. The molecule has 0 amide bonds. The van der Waals surface area contributed by atoms with Crippen molar-refractivity contribution in [2.24, 2.45) is 0 Å². The Labute approximate surface area is 164 Å². The largest absolute Gasteiger partial charge is 0.420 e. The van der Waals surface area contributed by atoms with Crippen molar-refractivity contribution < 1.29 is 4.42 Å². The summed E-state index contributed by atoms with van der Waals surface area (Å²) >= 11 is 6.12. The zero-order valence-electron chi connectivity index (χ0n) is 15.3. The van der Waals surface area contributed by atoms with Gasteiger partial charge in [0, 0.05) is 22.7 Å². The minimum Gasteiger partial charge on any atom is -0.420 e. The van der Waals surface area contributed by atoms with Crippen LogP contribution in [0.25, 0.3) is 11.5 Å². The Morgan fingerprint density at radius 1 is 1.00 bits per heavy atom. The van der Waals surface area contributed by atoms with Crippen LogP contribution in [-0.4, -0.2) is 34.2 Å². The summed E-state index contributed by atoms with van der Waals surface area (Å²) in [5.41, 5.74) is 2.28. The van der Waals surface area contributed by atoms with Gasteiger partial charge in [-0.15, -0.1) is 10.2 Å². The first-order valence-electron chi connectivity index (χ1n) is 9.57. The second-order valence-corrected chi connectivity index (χ2v) is 8.13. The van der Waals surface area contributed by atoms with Gasteiger partial charge >= 0.3 is 0 Å². The molecule has 2 bridgehead atoms. The first-order chi connectivity index (χ1) is 13.2. The summed E-state index contributed by atoms with van der Waals surface area (Å²) in [6, 6.07) is 19.3. The van der Waals surface area contributed by atoms with E-state index < -0.39 is 0 Å². The van der Waals surface area contributed by atoms with E-state index in [-0.39, 0.29) is 5.92 Å². The van der Waals surface area contributed by atoms with E-state index in [9.17, 15) is 0 Å². The minimum absolute atomic E-state index is 0.208. The standard InChI is InChI=1S/C22H22ClN3O/c1-26-17-11-12-19(26)20(18(13-17)14-7-9-16(23)10-8-14)22-25-24-21(27-22)15-5-3-2-4-6-15/h2-10,17-20H,11-13H2,1H3/t17-,18-,19?,20?/m1/s1. The molecule has 2 fully saturated rings. The van der Waals surface area contributed by atoms with Crippen LogP contribution in [0.5, 0.6) is 0 Å². The van der Waals surface area contributed by atoms with Gasteiger partial charge in [-0.05, 0) is 62.1 Å². The van der Waals surface area contributed by atoms with Crippen LogP contribution in [0.1, 0.15) is 42.6 Å². The molecule has 1 aromatic heterocycles. The number of nitrogens with zero attached hydrogens (tertiary/aromatic N) is 3. The molecular weight excluding hydrogens is 358 g/mol. The van der Waals surface area contributed by atoms with Crippen LogP contribution in [-0.2, 0) is 0 Å². The Morgan fingerprint density at radius 2 is 1.78 bits per heavy atom. The van der Waals surface area contributed by atoms with E-state index in [1.165, 1.54) is 18.4 Å². The number of hydrogen-bond donors (Lipinski definition) is 0. The van der Waals surface area contributed by atoms with E-state index in [2.05, 4.69) is 34.3 Å². The van der Waals surface area contributed by atoms with E-state index in [4.69, 9.17) is 16.0 Å². The van der Waals surface area contributed by atoms with Crippen LogP contribution in [0, 0.1) is 0 Å². The number of aromatic nitrogens is 2. The lowest BCUT2D eigenvalue weighted by Gasteiger charge is -2.41. The predicted molar refractivity (Wildman–Crippen MR) is 106 cm³/mol. The van der Waals surface area contributed by atoms with Gasteiger partial charge in [0.15, 0.2) is 0 Å². The highest BCUT2D eigenvalue weighted by molar-refractivity contribution is 6.30. The number of rotatable bonds is 3. The van der Waals surface area contributed by atoms with Gasteiger partial charge in [-0.3, -0.25) is 4.90 Å². The molecule has 0 spiro atoms. The van der Waals surface area contributed by atoms with Gasteiger partial charge in [0.25, 0.3) is 0 Å². The molecule has 4 nitrogen and oxygen atoms in total. The summed E-state index contributed by atoms with van der Waals surface area (Å²) in [4.78, 5) is 2.52. The average molecular weight is 380 g/mol. The molecule has 0 N–H and O–H groups in total. The van der Waals surface area contributed by atoms with Crippen LogP contribution < -0.4 is 0 Å². The van der Waals surface area contributed by atoms with Gasteiger partial charge < -0.3 is 4.42 Å². The van der Waals surface area contributed by atoms with Crippen molar-refractivity contribution in [1.29, 1.82) is 0 Å². The zero-order chi connectivity index (χ0) is 18.4. The van der Waals surface area contributed by atoms with Gasteiger partial charge in [-0.25, -0.2) is 0 Å². The third kappa shape index (κ3) is 2.97. The molecule has 3 heterocycles. The molecule has 5 rings (SSSR count). The van der Waals surface area contributed by atoms with Crippen LogP contribution in [0.15, 0.2) is 59.0 Å². The van der Waals surface area contributed by atoms with E-state index >= 15 is 0 Å². The fraction of sp³-hybridized carbons (Fsp3) is 0.364. The second-order valence-electron chi connectivity index (χ2n) is 7.69. The Bertz CT molecular complexity index is 924. The van der Waals surface area contributed by atoms with Crippen molar-refractivity contribution in [3.63, 3.8) is 0 Å². The number of hydrogen-bond acceptors (Lipinski definition) is 4. The Morgan fingerprint density at radius 3 is 2.56 bits per heavy atom. The van der Waals surface area contributed by atoms with Gasteiger partial charge in [-0.1, -0.05) is 41.9 Å². The van der Waals surface area contributed by atoms with Crippen molar-refractivity contribution in [2.45, 2.75) is 43.2 Å². The van der Waals surface area contributed by atoms with Crippen LogP contribution >= 0.6 is 11.6 Å². The molecule has 0 radical (unpaired) electrons. The Kier molecular flexibility index (Phi) is 4.25. The van der Waals surface area contributed by atoms with E-state index in [1.807, 2.05) is 42.5 Å². The molecule has 27 heavy (non-hydrogen) atoms. The normalized spacial score (nSPS) is 27.8. The molecule has 0 saturated carbocycles. The molecule has 2 aliphatic rings. The first kappa shape index (κ1) is 17.0. The molecule has 2 unspecified atom stereocenters. The number of fused-ring (bicyclic) bond motifs is 2. The highest BCUT2D eigenvalue weighted by Gasteiger charge is 2.48. The van der Waals surface area contributed by atoms with Crippen molar-refractivity contribution >= 4 is 11.6 Å². The monoisotopic (exact) mass is 379 g/mol. The molecule has 5 heteroatoms. The highest BCUT2D eigenvalue weighted by atomic mass is 35.5. The Balaban J connectivity index is 1.54. The zero-order valence-corrected chi connectivity index (χ0v) is 16.0. The SMILES string of the molecule is CN1C2CC[C@@H]1C[C@H](c1ccc(Cl)cc1)C2c1nnc(-c2ccccc2)o1. The number of likely N-dealkylation sites (N-methyl/N-ethyl adjacent to an activating group) is 1. The van der Waals surface area contributed by atoms with Gasteiger partial charge in [-0.2, -0.15) is 0 Å². The van der Waals surface area contributed by atoms with Crippen molar-refractivity contribution in [3.05, 3.63) is 71.1 Å².